The van der Waals surface area contributed by atoms with Gasteiger partial charge in [0.1, 0.15) is 11.6 Å². The third-order valence-corrected chi connectivity index (χ3v) is 7.45. The Morgan fingerprint density at radius 3 is 2.27 bits per heavy atom. The van der Waals surface area contributed by atoms with Crippen LogP contribution in [0.4, 0.5) is 10.1 Å². The van der Waals surface area contributed by atoms with Gasteiger partial charge in [-0.05, 0) is 74.4 Å². The molecule has 4 rings (SSSR count). The third kappa shape index (κ3) is 7.83. The second kappa shape index (κ2) is 12.6. The van der Waals surface area contributed by atoms with Crippen molar-refractivity contribution in [1.82, 2.24) is 4.98 Å². The van der Waals surface area contributed by atoms with Gasteiger partial charge in [0.2, 0.25) is 0 Å². The van der Waals surface area contributed by atoms with Crippen LogP contribution in [-0.4, -0.2) is 46.5 Å². The molecule has 0 bridgehead atoms. The van der Waals surface area contributed by atoms with Crippen molar-refractivity contribution < 1.29 is 28.9 Å². The first-order valence-corrected chi connectivity index (χ1v) is 14.1. The van der Waals surface area contributed by atoms with Crippen LogP contribution in [0.1, 0.15) is 70.4 Å². The lowest BCUT2D eigenvalue weighted by atomic mass is 9.82. The lowest BCUT2D eigenvalue weighted by molar-refractivity contribution is -0.160. The van der Waals surface area contributed by atoms with Gasteiger partial charge in [0.25, 0.3) is 0 Å². The first kappa shape index (κ1) is 30.5. The van der Waals surface area contributed by atoms with Gasteiger partial charge in [-0.1, -0.05) is 38.1 Å². The molecule has 3 aromatic rings. The molecule has 0 amide bonds. The van der Waals surface area contributed by atoms with E-state index in [0.717, 1.165) is 48.3 Å². The van der Waals surface area contributed by atoms with Crippen LogP contribution in [0.2, 0.25) is 0 Å². The Hall–Kier alpha value is -3.49. The van der Waals surface area contributed by atoms with Crippen LogP contribution in [0.25, 0.3) is 11.1 Å². The number of ether oxygens (including phenoxy) is 2. The first-order valence-electron chi connectivity index (χ1n) is 14.1. The minimum Gasteiger partial charge on any atom is -0.493 e. The van der Waals surface area contributed by atoms with E-state index < -0.39 is 24.3 Å². The quantitative estimate of drug-likeness (QED) is 0.288. The number of benzene rings is 2. The van der Waals surface area contributed by atoms with Crippen LogP contribution in [0.5, 0.6) is 5.75 Å². The Balaban J connectivity index is 1.70. The number of hydrogen-bond donors (Lipinski definition) is 2. The molecule has 1 atom stereocenters. The van der Waals surface area contributed by atoms with E-state index in [1.54, 1.807) is 18.3 Å². The smallest absolute Gasteiger partial charge is 0.337 e. The molecule has 2 N–H and O–H groups in total. The first-order chi connectivity index (χ1) is 19.4. The van der Waals surface area contributed by atoms with Crippen molar-refractivity contribution in [1.29, 1.82) is 0 Å². The number of aliphatic hydroxyl groups excluding tert-OH is 1. The monoisotopic (exact) mass is 564 g/mol. The zero-order chi connectivity index (χ0) is 29.8. The molecule has 0 aliphatic carbocycles. The van der Waals surface area contributed by atoms with Crippen molar-refractivity contribution in [2.45, 2.75) is 72.2 Å². The highest BCUT2D eigenvalue weighted by atomic mass is 19.1. The number of carbonyl (C=O) groups is 1. The topological polar surface area (TPSA) is 92.1 Å². The molecule has 0 saturated carbocycles. The second-order valence-electron chi connectivity index (χ2n) is 12.4. The van der Waals surface area contributed by atoms with Crippen LogP contribution in [0.15, 0.2) is 54.7 Å². The number of pyridine rings is 1. The molecule has 1 fully saturated rings. The number of piperidine rings is 1. The largest absolute Gasteiger partial charge is 0.493 e. The molecule has 1 aromatic heterocycles. The maximum absolute atomic E-state index is 13.2. The maximum Gasteiger partial charge on any atom is 0.337 e. The molecule has 2 aromatic carbocycles. The molecule has 7 nitrogen and oxygen atoms in total. The summed E-state index contributed by atoms with van der Waals surface area (Å²) in [6.45, 7) is 11.5. The van der Waals surface area contributed by atoms with Gasteiger partial charge < -0.3 is 24.6 Å². The molecule has 8 heteroatoms. The third-order valence-electron chi connectivity index (χ3n) is 7.45. The minimum atomic E-state index is -1.30. The summed E-state index contributed by atoms with van der Waals surface area (Å²) in [5.41, 5.74) is 3.50. The molecule has 0 radical (unpaired) electrons. The standard InChI is InChI=1S/C33H41FN2O5/c1-32(2,3)41-30(31(38)39)28-27(21-37)35-20-26(29(28)36-17-15-33(4,5)16-18-36)23-8-12-25(13-9-23)40-19-14-22-6-10-24(34)11-7-22/h6-13,20,30,37H,14-19,21H2,1-5H3,(H,38,39). The van der Waals surface area contributed by atoms with E-state index >= 15 is 0 Å². The van der Waals surface area contributed by atoms with Crippen molar-refractivity contribution >= 4 is 11.7 Å². The molecular formula is C33H41FN2O5. The SMILES string of the molecule is CC1(C)CCN(c2c(-c3ccc(OCCc4ccc(F)cc4)cc3)cnc(CO)c2C(OC(C)(C)C)C(=O)O)CC1. The molecule has 1 unspecified atom stereocenters. The van der Waals surface area contributed by atoms with Gasteiger partial charge in [-0.3, -0.25) is 4.98 Å². The number of aromatic nitrogens is 1. The van der Waals surface area contributed by atoms with Crippen LogP contribution in [0, 0.1) is 11.2 Å². The van der Waals surface area contributed by atoms with Gasteiger partial charge in [-0.2, -0.15) is 0 Å². The fourth-order valence-corrected chi connectivity index (χ4v) is 5.10. The van der Waals surface area contributed by atoms with Crippen molar-refractivity contribution in [2.75, 3.05) is 24.6 Å². The van der Waals surface area contributed by atoms with E-state index in [1.165, 1.54) is 12.1 Å². The lowest BCUT2D eigenvalue weighted by Gasteiger charge is -2.41. The van der Waals surface area contributed by atoms with Gasteiger partial charge in [0.15, 0.2) is 6.10 Å². The van der Waals surface area contributed by atoms with Gasteiger partial charge in [0.05, 0.1) is 30.2 Å². The molecule has 0 spiro atoms. The Morgan fingerprint density at radius 1 is 1.07 bits per heavy atom. The molecule has 1 aliphatic rings. The van der Waals surface area contributed by atoms with E-state index in [-0.39, 0.29) is 11.2 Å². The van der Waals surface area contributed by atoms with Crippen molar-refractivity contribution in [3.63, 3.8) is 0 Å². The zero-order valence-corrected chi connectivity index (χ0v) is 24.6. The Morgan fingerprint density at radius 2 is 1.71 bits per heavy atom. The van der Waals surface area contributed by atoms with Crippen molar-refractivity contribution in [3.05, 3.63) is 77.4 Å². The lowest BCUT2D eigenvalue weighted by Crippen LogP contribution is -2.39. The maximum atomic E-state index is 13.2. The van der Waals surface area contributed by atoms with Crippen molar-refractivity contribution in [3.8, 4) is 16.9 Å². The molecular weight excluding hydrogens is 523 g/mol. The fraction of sp³-hybridized carbons (Fsp3) is 0.455. The van der Waals surface area contributed by atoms with Gasteiger partial charge >= 0.3 is 5.97 Å². The molecule has 41 heavy (non-hydrogen) atoms. The number of nitrogens with zero attached hydrogens (tertiary/aromatic N) is 2. The number of aliphatic hydroxyl groups is 1. The van der Waals surface area contributed by atoms with Crippen LogP contribution in [0.3, 0.4) is 0 Å². The highest BCUT2D eigenvalue weighted by Crippen LogP contribution is 2.43. The molecule has 2 heterocycles. The summed E-state index contributed by atoms with van der Waals surface area (Å²) in [5.74, 6) is -0.698. The average Bonchev–Trinajstić information content (AvgIpc) is 2.92. The molecule has 1 saturated heterocycles. The summed E-state index contributed by atoms with van der Waals surface area (Å²) in [6, 6.07) is 14.0. The van der Waals surface area contributed by atoms with Crippen LogP contribution >= 0.6 is 0 Å². The Kier molecular flexibility index (Phi) is 9.34. The van der Waals surface area contributed by atoms with E-state index in [2.05, 4.69) is 23.7 Å². The summed E-state index contributed by atoms with van der Waals surface area (Å²) >= 11 is 0. The minimum absolute atomic E-state index is 0.185. The summed E-state index contributed by atoms with van der Waals surface area (Å²) in [4.78, 5) is 19.3. The van der Waals surface area contributed by atoms with Gasteiger partial charge in [-0.25, -0.2) is 9.18 Å². The highest BCUT2D eigenvalue weighted by molar-refractivity contribution is 5.86. The summed E-state index contributed by atoms with van der Waals surface area (Å²) < 4.78 is 25.2. The number of carboxylic acid groups (broad SMARTS) is 1. The van der Waals surface area contributed by atoms with Gasteiger partial charge in [-0.15, -0.1) is 0 Å². The number of halogens is 1. The normalized spacial score (nSPS) is 15.9. The zero-order valence-electron chi connectivity index (χ0n) is 24.6. The van der Waals surface area contributed by atoms with Gasteiger partial charge in [0, 0.05) is 36.8 Å². The highest BCUT2D eigenvalue weighted by Gasteiger charge is 2.36. The number of rotatable bonds is 10. The molecule has 1 aliphatic heterocycles. The Labute approximate surface area is 242 Å². The van der Waals surface area contributed by atoms with E-state index in [9.17, 15) is 19.4 Å². The summed E-state index contributed by atoms with van der Waals surface area (Å²) in [5, 5.41) is 20.6. The van der Waals surface area contributed by atoms with E-state index in [1.807, 2.05) is 45.0 Å². The van der Waals surface area contributed by atoms with Crippen LogP contribution < -0.4 is 9.64 Å². The second-order valence-corrected chi connectivity index (χ2v) is 12.4. The number of hydrogen-bond acceptors (Lipinski definition) is 6. The fourth-order valence-electron chi connectivity index (χ4n) is 5.10. The van der Waals surface area contributed by atoms with Crippen molar-refractivity contribution in [2.24, 2.45) is 5.41 Å². The predicted molar refractivity (Wildman–Crippen MR) is 158 cm³/mol. The molecule has 220 valence electrons. The number of anilines is 1. The Bertz CT molecular complexity index is 1320. The summed E-state index contributed by atoms with van der Waals surface area (Å²) in [7, 11) is 0. The number of aliphatic carboxylic acids is 1. The average molecular weight is 565 g/mol. The number of carboxylic acids is 1. The van der Waals surface area contributed by atoms with Crippen LogP contribution in [-0.2, 0) is 22.6 Å². The summed E-state index contributed by atoms with van der Waals surface area (Å²) in [6.07, 6.45) is 2.95. The van der Waals surface area contributed by atoms with E-state index in [4.69, 9.17) is 9.47 Å². The van der Waals surface area contributed by atoms with E-state index in [0.29, 0.717) is 30.0 Å². The predicted octanol–water partition coefficient (Wildman–Crippen LogP) is 6.57.